The second-order valence-electron chi connectivity index (χ2n) is 4.47. The van der Waals surface area contributed by atoms with E-state index in [1.807, 2.05) is 24.3 Å². The average molecular weight is 393 g/mol. The van der Waals surface area contributed by atoms with Gasteiger partial charge >= 0.3 is 11.9 Å². The number of hydrogen-bond acceptors (Lipinski definition) is 5. The van der Waals surface area contributed by atoms with Gasteiger partial charge in [-0.2, -0.15) is 0 Å². The van der Waals surface area contributed by atoms with Crippen molar-refractivity contribution in [3.63, 3.8) is 0 Å². The van der Waals surface area contributed by atoms with Crippen molar-refractivity contribution < 1.29 is 23.5 Å². The quantitative estimate of drug-likeness (QED) is 0.461. The summed E-state index contributed by atoms with van der Waals surface area (Å²) in [6.45, 7) is -0.526. The van der Waals surface area contributed by atoms with Gasteiger partial charge in [-0.3, -0.25) is 20.4 Å². The van der Waals surface area contributed by atoms with E-state index in [1.165, 1.54) is 24.5 Å². The lowest BCUT2D eigenvalue weighted by atomic mass is 10.2. The molecule has 0 fully saturated rings. The fourth-order valence-electron chi connectivity index (χ4n) is 1.55. The molecule has 0 atom stereocenters. The topological polar surface area (TPSA) is 97.6 Å². The fraction of sp³-hybridized carbons (Fsp3) is 0.0625. The van der Waals surface area contributed by atoms with Crippen LogP contribution in [0.5, 0.6) is 0 Å². The largest absolute Gasteiger partial charge is 0.459 e. The Morgan fingerprint density at radius 3 is 2.54 bits per heavy atom. The summed E-state index contributed by atoms with van der Waals surface area (Å²) < 4.78 is 10.5. The third-order valence-electron chi connectivity index (χ3n) is 2.69. The Bertz CT molecular complexity index is 738. The molecule has 0 saturated heterocycles. The van der Waals surface area contributed by atoms with Gasteiger partial charge in [0.15, 0.2) is 12.4 Å². The molecular formula is C16H13BrN2O5. The van der Waals surface area contributed by atoms with Crippen LogP contribution < -0.4 is 10.9 Å². The predicted octanol–water partition coefficient (Wildman–Crippen LogP) is 2.06. The minimum absolute atomic E-state index is 0.0460. The van der Waals surface area contributed by atoms with Crippen molar-refractivity contribution in [2.24, 2.45) is 0 Å². The van der Waals surface area contributed by atoms with Crippen LogP contribution in [0.1, 0.15) is 16.1 Å². The Balaban J connectivity index is 1.70. The summed E-state index contributed by atoms with van der Waals surface area (Å²) in [5, 5.41) is 0. The van der Waals surface area contributed by atoms with Gasteiger partial charge in [-0.15, -0.1) is 0 Å². The average Bonchev–Trinajstić information content (AvgIpc) is 3.12. The van der Waals surface area contributed by atoms with Crippen molar-refractivity contribution in [3.05, 3.63) is 64.5 Å². The molecular weight excluding hydrogens is 380 g/mol. The lowest BCUT2D eigenvalue weighted by Crippen LogP contribution is -2.43. The van der Waals surface area contributed by atoms with Gasteiger partial charge in [0.1, 0.15) is 0 Å². The normalized spacial score (nSPS) is 10.4. The first-order valence-corrected chi connectivity index (χ1v) is 7.57. The number of halogens is 1. The van der Waals surface area contributed by atoms with Gasteiger partial charge in [-0.05, 0) is 35.9 Å². The lowest BCUT2D eigenvalue weighted by Gasteiger charge is -2.05. The number of nitrogens with one attached hydrogen (secondary N) is 2. The van der Waals surface area contributed by atoms with Crippen molar-refractivity contribution in [3.8, 4) is 0 Å². The van der Waals surface area contributed by atoms with Gasteiger partial charge in [-0.1, -0.05) is 28.1 Å². The first kappa shape index (κ1) is 17.5. The van der Waals surface area contributed by atoms with Crippen LogP contribution in [0, 0.1) is 0 Å². The molecule has 1 heterocycles. The van der Waals surface area contributed by atoms with E-state index in [1.54, 1.807) is 6.08 Å². The van der Waals surface area contributed by atoms with Gasteiger partial charge in [0, 0.05) is 10.5 Å². The second kappa shape index (κ2) is 8.68. The number of benzene rings is 1. The molecule has 0 radical (unpaired) electrons. The maximum Gasteiger partial charge on any atom is 0.331 e. The van der Waals surface area contributed by atoms with E-state index in [0.29, 0.717) is 0 Å². The maximum atomic E-state index is 11.5. The van der Waals surface area contributed by atoms with E-state index < -0.39 is 24.4 Å². The highest BCUT2D eigenvalue weighted by atomic mass is 79.9. The van der Waals surface area contributed by atoms with E-state index in [-0.39, 0.29) is 5.76 Å². The van der Waals surface area contributed by atoms with E-state index in [0.717, 1.165) is 10.0 Å². The van der Waals surface area contributed by atoms with E-state index >= 15 is 0 Å². The molecule has 2 rings (SSSR count). The van der Waals surface area contributed by atoms with Gasteiger partial charge in [0.05, 0.1) is 6.26 Å². The molecule has 0 aliphatic rings. The van der Waals surface area contributed by atoms with Crippen LogP contribution in [-0.4, -0.2) is 24.4 Å². The Labute approximate surface area is 145 Å². The number of carbonyl (C=O) groups excluding carboxylic acids is 3. The summed E-state index contributed by atoms with van der Waals surface area (Å²) in [6, 6.07) is 10.3. The van der Waals surface area contributed by atoms with E-state index in [4.69, 9.17) is 9.15 Å². The number of amides is 2. The summed E-state index contributed by atoms with van der Waals surface area (Å²) in [6.07, 6.45) is 4.10. The summed E-state index contributed by atoms with van der Waals surface area (Å²) in [4.78, 5) is 34.5. The van der Waals surface area contributed by atoms with Crippen molar-refractivity contribution in [1.29, 1.82) is 0 Å². The molecule has 24 heavy (non-hydrogen) atoms. The first-order valence-electron chi connectivity index (χ1n) is 6.77. The third kappa shape index (κ3) is 5.73. The van der Waals surface area contributed by atoms with Gasteiger partial charge < -0.3 is 9.15 Å². The monoisotopic (exact) mass is 392 g/mol. The van der Waals surface area contributed by atoms with Gasteiger partial charge in [0.25, 0.3) is 5.91 Å². The molecule has 1 aromatic heterocycles. The number of hydrazine groups is 1. The van der Waals surface area contributed by atoms with E-state index in [2.05, 4.69) is 26.8 Å². The molecule has 7 nitrogen and oxygen atoms in total. The van der Waals surface area contributed by atoms with Crippen LogP contribution in [0.2, 0.25) is 0 Å². The zero-order valence-corrected chi connectivity index (χ0v) is 13.9. The van der Waals surface area contributed by atoms with E-state index in [9.17, 15) is 14.4 Å². The molecule has 2 amide bonds. The Kier molecular flexibility index (Phi) is 6.32. The predicted molar refractivity (Wildman–Crippen MR) is 88.5 cm³/mol. The summed E-state index contributed by atoms with van der Waals surface area (Å²) in [5.74, 6) is -1.93. The molecule has 124 valence electrons. The Hall–Kier alpha value is -2.87. The van der Waals surface area contributed by atoms with Crippen LogP contribution >= 0.6 is 15.9 Å². The fourth-order valence-corrected chi connectivity index (χ4v) is 1.82. The lowest BCUT2D eigenvalue weighted by molar-refractivity contribution is -0.144. The molecule has 0 bridgehead atoms. The van der Waals surface area contributed by atoms with Gasteiger partial charge in [-0.25, -0.2) is 4.79 Å². The molecule has 0 spiro atoms. The second-order valence-corrected chi connectivity index (χ2v) is 5.39. The number of hydrogen-bond donors (Lipinski definition) is 2. The van der Waals surface area contributed by atoms with Crippen molar-refractivity contribution >= 4 is 39.8 Å². The highest BCUT2D eigenvalue weighted by Gasteiger charge is 2.10. The van der Waals surface area contributed by atoms with Crippen molar-refractivity contribution in [2.45, 2.75) is 0 Å². The molecule has 0 unspecified atom stereocenters. The number of rotatable bonds is 5. The molecule has 0 saturated carbocycles. The van der Waals surface area contributed by atoms with Crippen LogP contribution in [0.3, 0.4) is 0 Å². The third-order valence-corrected chi connectivity index (χ3v) is 3.22. The van der Waals surface area contributed by atoms with Gasteiger partial charge in [0.2, 0.25) is 0 Å². The first-order chi connectivity index (χ1) is 11.5. The van der Waals surface area contributed by atoms with Crippen molar-refractivity contribution in [2.75, 3.05) is 6.61 Å². The van der Waals surface area contributed by atoms with Crippen molar-refractivity contribution in [1.82, 2.24) is 10.9 Å². The zero-order valence-electron chi connectivity index (χ0n) is 12.3. The minimum atomic E-state index is -0.680. The highest BCUT2D eigenvalue weighted by Crippen LogP contribution is 2.11. The number of furan rings is 1. The Morgan fingerprint density at radius 2 is 1.88 bits per heavy atom. The Morgan fingerprint density at radius 1 is 1.12 bits per heavy atom. The molecule has 1 aromatic carbocycles. The standard InChI is InChI=1S/C16H13BrN2O5/c17-12-6-3-11(4-7-12)5-8-15(21)24-10-14(20)18-19-16(22)13-2-1-9-23-13/h1-9H,10H2,(H,18,20)(H,19,22)/b8-5+. The highest BCUT2D eigenvalue weighted by molar-refractivity contribution is 9.10. The number of ether oxygens (including phenoxy) is 1. The zero-order chi connectivity index (χ0) is 17.4. The summed E-state index contributed by atoms with van der Waals surface area (Å²) in [7, 11) is 0. The molecule has 2 N–H and O–H groups in total. The SMILES string of the molecule is O=C(COC(=O)/C=C/c1ccc(Br)cc1)NNC(=O)c1ccco1. The minimum Gasteiger partial charge on any atom is -0.459 e. The molecule has 0 aliphatic carbocycles. The smallest absolute Gasteiger partial charge is 0.331 e. The summed E-state index contributed by atoms with van der Waals surface area (Å²) in [5.41, 5.74) is 5.04. The van der Waals surface area contributed by atoms with Crippen LogP contribution in [0.25, 0.3) is 6.08 Å². The summed E-state index contributed by atoms with van der Waals surface area (Å²) >= 11 is 3.31. The van der Waals surface area contributed by atoms with Crippen LogP contribution in [0.15, 0.2) is 57.6 Å². The van der Waals surface area contributed by atoms with Crippen LogP contribution in [0.4, 0.5) is 0 Å². The molecule has 8 heteroatoms. The number of carbonyl (C=O) groups is 3. The number of esters is 1. The molecule has 0 aliphatic heterocycles. The maximum absolute atomic E-state index is 11.5. The molecule has 2 aromatic rings. The van der Waals surface area contributed by atoms with Crippen LogP contribution in [-0.2, 0) is 14.3 Å².